The smallest absolute Gasteiger partial charge is 0.225 e. The Balaban J connectivity index is 2.23. The van der Waals surface area contributed by atoms with Crippen LogP contribution in [-0.4, -0.2) is 20.7 Å². The Bertz CT molecular complexity index is 690. The first-order chi connectivity index (χ1) is 8.25. The number of thiophene rings is 1. The number of H-pyrrole nitrogens is 1. The van der Waals surface area contributed by atoms with Crippen LogP contribution < -0.4 is 0 Å². The van der Waals surface area contributed by atoms with Crippen molar-refractivity contribution in [2.24, 2.45) is 0 Å². The lowest BCUT2D eigenvalue weighted by Crippen LogP contribution is -2.04. The van der Waals surface area contributed by atoms with Crippen LogP contribution in [0.15, 0.2) is 29.8 Å². The molecule has 0 saturated heterocycles. The summed E-state index contributed by atoms with van der Waals surface area (Å²) in [6, 6.07) is 5.36. The van der Waals surface area contributed by atoms with E-state index in [1.165, 1.54) is 11.3 Å². The van der Waals surface area contributed by atoms with Crippen LogP contribution in [0.1, 0.15) is 15.4 Å². The molecule has 0 bridgehead atoms. The van der Waals surface area contributed by atoms with Crippen LogP contribution >= 0.6 is 22.9 Å². The molecule has 0 aliphatic rings. The predicted molar refractivity (Wildman–Crippen MR) is 66.7 cm³/mol. The standard InChI is InChI=1S/C11H6ClN3OS/c12-11-14-8(6-3-4-13-10(6)15-11)9(16)7-2-1-5-17-7/h1-5H,(H,13,14,15). The van der Waals surface area contributed by atoms with Crippen molar-refractivity contribution in [2.45, 2.75) is 0 Å². The number of carbonyl (C=O) groups is 1. The fourth-order valence-corrected chi connectivity index (χ4v) is 2.45. The Morgan fingerprint density at radius 2 is 2.24 bits per heavy atom. The minimum atomic E-state index is -0.131. The van der Waals surface area contributed by atoms with Crippen molar-refractivity contribution in [1.82, 2.24) is 15.0 Å². The summed E-state index contributed by atoms with van der Waals surface area (Å²) in [4.78, 5) is 23.8. The van der Waals surface area contributed by atoms with Gasteiger partial charge in [0.1, 0.15) is 11.3 Å². The summed E-state index contributed by atoms with van der Waals surface area (Å²) in [6.45, 7) is 0. The summed E-state index contributed by atoms with van der Waals surface area (Å²) in [5, 5.41) is 2.61. The maximum absolute atomic E-state index is 12.2. The van der Waals surface area contributed by atoms with Gasteiger partial charge in [0.15, 0.2) is 0 Å². The van der Waals surface area contributed by atoms with Gasteiger partial charge >= 0.3 is 0 Å². The van der Waals surface area contributed by atoms with Crippen LogP contribution in [-0.2, 0) is 0 Å². The van der Waals surface area contributed by atoms with Gasteiger partial charge in [-0.2, -0.15) is 4.98 Å². The third-order valence-corrected chi connectivity index (χ3v) is 3.39. The highest BCUT2D eigenvalue weighted by molar-refractivity contribution is 7.12. The lowest BCUT2D eigenvalue weighted by molar-refractivity contribution is 0.103. The Labute approximate surface area is 105 Å². The van der Waals surface area contributed by atoms with E-state index in [9.17, 15) is 4.79 Å². The van der Waals surface area contributed by atoms with E-state index in [4.69, 9.17) is 11.6 Å². The molecule has 0 spiro atoms. The number of aromatic amines is 1. The van der Waals surface area contributed by atoms with Crippen molar-refractivity contribution in [1.29, 1.82) is 0 Å². The van der Waals surface area contributed by atoms with Gasteiger partial charge in [-0.05, 0) is 29.1 Å². The number of ketones is 1. The SMILES string of the molecule is O=C(c1cccs1)c1nc(Cl)nc2[nH]ccc12. The number of hydrogen-bond acceptors (Lipinski definition) is 4. The summed E-state index contributed by atoms with van der Waals surface area (Å²) < 4.78 is 0. The van der Waals surface area contributed by atoms with E-state index in [1.807, 2.05) is 11.4 Å². The average Bonchev–Trinajstić information content (AvgIpc) is 2.97. The van der Waals surface area contributed by atoms with Crippen LogP contribution in [0.2, 0.25) is 5.28 Å². The molecule has 4 nitrogen and oxygen atoms in total. The van der Waals surface area contributed by atoms with Crippen molar-refractivity contribution in [2.75, 3.05) is 0 Å². The van der Waals surface area contributed by atoms with Crippen LogP contribution in [0, 0.1) is 0 Å². The van der Waals surface area contributed by atoms with Gasteiger partial charge in [-0.3, -0.25) is 4.79 Å². The monoisotopic (exact) mass is 263 g/mol. The zero-order valence-electron chi connectivity index (χ0n) is 8.48. The molecule has 3 heterocycles. The molecule has 0 unspecified atom stereocenters. The third kappa shape index (κ3) is 1.73. The van der Waals surface area contributed by atoms with Gasteiger partial charge in [0, 0.05) is 11.6 Å². The van der Waals surface area contributed by atoms with Gasteiger partial charge < -0.3 is 4.98 Å². The van der Waals surface area contributed by atoms with Crippen molar-refractivity contribution in [3.63, 3.8) is 0 Å². The first-order valence-corrected chi connectivity index (χ1v) is 6.10. The molecule has 84 valence electrons. The number of fused-ring (bicyclic) bond motifs is 1. The molecule has 3 aromatic rings. The zero-order chi connectivity index (χ0) is 11.8. The van der Waals surface area contributed by atoms with E-state index in [2.05, 4.69) is 15.0 Å². The molecule has 0 amide bonds. The molecule has 3 aromatic heterocycles. The summed E-state index contributed by atoms with van der Waals surface area (Å²) in [7, 11) is 0. The molecule has 17 heavy (non-hydrogen) atoms. The van der Waals surface area contributed by atoms with Crippen molar-refractivity contribution in [3.05, 3.63) is 45.6 Å². The molecule has 6 heteroatoms. The Kier molecular flexibility index (Phi) is 2.42. The number of aromatic nitrogens is 3. The van der Waals surface area contributed by atoms with E-state index < -0.39 is 0 Å². The summed E-state index contributed by atoms with van der Waals surface area (Å²) in [6.07, 6.45) is 1.71. The van der Waals surface area contributed by atoms with Crippen LogP contribution in [0.25, 0.3) is 11.0 Å². The fourth-order valence-electron chi connectivity index (χ4n) is 1.61. The predicted octanol–water partition coefficient (Wildman–Crippen LogP) is 2.90. The van der Waals surface area contributed by atoms with Crippen molar-refractivity contribution in [3.8, 4) is 0 Å². The molecule has 1 N–H and O–H groups in total. The molecular formula is C11H6ClN3OS. The molecule has 0 radical (unpaired) electrons. The van der Waals surface area contributed by atoms with Gasteiger partial charge in [-0.15, -0.1) is 11.3 Å². The molecule has 0 aromatic carbocycles. The first-order valence-electron chi connectivity index (χ1n) is 4.84. The minimum absolute atomic E-state index is 0.0693. The number of carbonyl (C=O) groups excluding carboxylic acids is 1. The second-order valence-electron chi connectivity index (χ2n) is 3.39. The number of nitrogens with one attached hydrogen (secondary N) is 1. The van der Waals surface area contributed by atoms with Crippen molar-refractivity contribution < 1.29 is 4.79 Å². The fraction of sp³-hybridized carbons (Fsp3) is 0. The highest BCUT2D eigenvalue weighted by Gasteiger charge is 2.17. The third-order valence-electron chi connectivity index (χ3n) is 2.35. The minimum Gasteiger partial charge on any atom is -0.346 e. The van der Waals surface area contributed by atoms with Gasteiger partial charge in [-0.25, -0.2) is 4.98 Å². The van der Waals surface area contributed by atoms with E-state index in [1.54, 1.807) is 18.3 Å². The summed E-state index contributed by atoms with van der Waals surface area (Å²) in [5.74, 6) is -0.131. The Morgan fingerprint density at radius 3 is 3.00 bits per heavy atom. The second kappa shape index (κ2) is 3.94. The van der Waals surface area contributed by atoms with Gasteiger partial charge in [0.25, 0.3) is 0 Å². The number of nitrogens with zero attached hydrogens (tertiary/aromatic N) is 2. The molecule has 0 saturated carbocycles. The second-order valence-corrected chi connectivity index (χ2v) is 4.67. The molecular weight excluding hydrogens is 258 g/mol. The lowest BCUT2D eigenvalue weighted by Gasteiger charge is -2.00. The van der Waals surface area contributed by atoms with Crippen LogP contribution in [0.5, 0.6) is 0 Å². The number of halogens is 1. The zero-order valence-corrected chi connectivity index (χ0v) is 10.0. The normalized spacial score (nSPS) is 10.9. The van der Waals surface area contributed by atoms with E-state index in [0.29, 0.717) is 21.6 Å². The summed E-state index contributed by atoms with van der Waals surface area (Å²) in [5.41, 5.74) is 0.911. The molecule has 0 aliphatic carbocycles. The largest absolute Gasteiger partial charge is 0.346 e. The van der Waals surface area contributed by atoms with Crippen LogP contribution in [0.3, 0.4) is 0 Å². The topological polar surface area (TPSA) is 58.6 Å². The highest BCUT2D eigenvalue weighted by Crippen LogP contribution is 2.21. The maximum atomic E-state index is 12.2. The number of rotatable bonds is 2. The molecule has 0 fully saturated rings. The van der Waals surface area contributed by atoms with E-state index >= 15 is 0 Å². The molecule has 0 aliphatic heterocycles. The van der Waals surface area contributed by atoms with E-state index in [-0.39, 0.29) is 11.1 Å². The lowest BCUT2D eigenvalue weighted by atomic mass is 10.2. The van der Waals surface area contributed by atoms with Gasteiger partial charge in [0.2, 0.25) is 11.1 Å². The maximum Gasteiger partial charge on any atom is 0.225 e. The van der Waals surface area contributed by atoms with Gasteiger partial charge in [0.05, 0.1) is 4.88 Å². The first kappa shape index (κ1) is 10.4. The average molecular weight is 264 g/mol. The van der Waals surface area contributed by atoms with Crippen molar-refractivity contribution >= 4 is 39.8 Å². The highest BCUT2D eigenvalue weighted by atomic mass is 35.5. The quantitative estimate of drug-likeness (QED) is 0.571. The molecule has 3 rings (SSSR count). The Hall–Kier alpha value is -1.72. The van der Waals surface area contributed by atoms with Gasteiger partial charge in [-0.1, -0.05) is 6.07 Å². The molecule has 0 atom stereocenters. The Morgan fingerprint density at radius 1 is 1.35 bits per heavy atom. The number of hydrogen-bond donors (Lipinski definition) is 1. The van der Waals surface area contributed by atoms with E-state index in [0.717, 1.165) is 0 Å². The van der Waals surface area contributed by atoms with Crippen LogP contribution in [0.4, 0.5) is 0 Å². The summed E-state index contributed by atoms with van der Waals surface area (Å²) >= 11 is 7.17.